The summed E-state index contributed by atoms with van der Waals surface area (Å²) in [5, 5.41) is 7.97. The van der Waals surface area contributed by atoms with E-state index in [9.17, 15) is 0 Å². The van der Waals surface area contributed by atoms with Crippen LogP contribution in [0.3, 0.4) is 0 Å². The van der Waals surface area contributed by atoms with E-state index < -0.39 is 0 Å². The van der Waals surface area contributed by atoms with Crippen LogP contribution in [0.2, 0.25) is 0 Å². The number of rotatable bonds is 2. The van der Waals surface area contributed by atoms with Crippen molar-refractivity contribution in [2.24, 2.45) is 0 Å². The second-order valence-electron chi connectivity index (χ2n) is 4.34. The third-order valence-corrected chi connectivity index (χ3v) is 3.92. The molecule has 88 valence electrons. The Hall–Kier alpha value is -1.32. The molecule has 17 heavy (non-hydrogen) atoms. The minimum absolute atomic E-state index is 0.449. The maximum absolute atomic E-state index is 3.59. The molecule has 1 N–H and O–H groups in total. The SMILES string of the molecule is c1ccc(C2CN(c3ccsc3)CCN2)cc1. The van der Waals surface area contributed by atoms with Crippen molar-refractivity contribution in [1.29, 1.82) is 0 Å². The minimum Gasteiger partial charge on any atom is -0.368 e. The number of hydrogen-bond acceptors (Lipinski definition) is 3. The maximum atomic E-state index is 3.59. The van der Waals surface area contributed by atoms with Gasteiger partial charge in [0.15, 0.2) is 0 Å². The Morgan fingerprint density at radius 2 is 2.06 bits per heavy atom. The molecule has 1 aromatic carbocycles. The summed E-state index contributed by atoms with van der Waals surface area (Å²) in [7, 11) is 0. The molecule has 0 amide bonds. The molecule has 2 aromatic rings. The zero-order valence-corrected chi connectivity index (χ0v) is 10.5. The van der Waals surface area contributed by atoms with E-state index in [4.69, 9.17) is 0 Å². The highest BCUT2D eigenvalue weighted by Gasteiger charge is 2.20. The molecule has 2 nitrogen and oxygen atoms in total. The van der Waals surface area contributed by atoms with Gasteiger partial charge in [0.1, 0.15) is 0 Å². The molecule has 1 fully saturated rings. The molecule has 0 aliphatic carbocycles. The van der Waals surface area contributed by atoms with Gasteiger partial charge in [0.2, 0.25) is 0 Å². The Balaban J connectivity index is 1.76. The Labute approximate surface area is 106 Å². The van der Waals surface area contributed by atoms with E-state index in [0.717, 1.165) is 19.6 Å². The molecule has 0 bridgehead atoms. The van der Waals surface area contributed by atoms with Gasteiger partial charge in [0.05, 0.1) is 0 Å². The predicted molar refractivity (Wildman–Crippen MR) is 73.7 cm³/mol. The summed E-state index contributed by atoms with van der Waals surface area (Å²) in [6.45, 7) is 3.20. The van der Waals surface area contributed by atoms with E-state index in [0.29, 0.717) is 6.04 Å². The van der Waals surface area contributed by atoms with Gasteiger partial charge < -0.3 is 10.2 Å². The molecule has 0 spiro atoms. The minimum atomic E-state index is 0.449. The fraction of sp³-hybridized carbons (Fsp3) is 0.286. The van der Waals surface area contributed by atoms with E-state index in [2.05, 4.69) is 57.4 Å². The van der Waals surface area contributed by atoms with Gasteiger partial charge in [-0.3, -0.25) is 0 Å². The Kier molecular flexibility index (Phi) is 3.12. The molecule has 1 aliphatic heterocycles. The fourth-order valence-corrected chi connectivity index (χ4v) is 2.99. The normalized spacial score (nSPS) is 20.5. The van der Waals surface area contributed by atoms with Gasteiger partial charge in [-0.2, -0.15) is 11.3 Å². The van der Waals surface area contributed by atoms with Gasteiger partial charge >= 0.3 is 0 Å². The van der Waals surface area contributed by atoms with Crippen LogP contribution in [0.15, 0.2) is 47.2 Å². The number of benzene rings is 1. The van der Waals surface area contributed by atoms with Crippen LogP contribution in [0.4, 0.5) is 5.69 Å². The van der Waals surface area contributed by atoms with Gasteiger partial charge in [0.25, 0.3) is 0 Å². The topological polar surface area (TPSA) is 15.3 Å². The van der Waals surface area contributed by atoms with Crippen molar-refractivity contribution in [3.8, 4) is 0 Å². The molecule has 0 saturated carbocycles. The number of anilines is 1. The molecule has 1 atom stereocenters. The predicted octanol–water partition coefficient (Wildman–Crippen LogP) is 2.90. The van der Waals surface area contributed by atoms with Gasteiger partial charge in [0, 0.05) is 36.7 Å². The Morgan fingerprint density at radius 1 is 1.18 bits per heavy atom. The van der Waals surface area contributed by atoms with Crippen LogP contribution in [-0.4, -0.2) is 19.6 Å². The first-order valence-corrected chi connectivity index (χ1v) is 6.93. The number of piperazine rings is 1. The molecule has 1 unspecified atom stereocenters. The van der Waals surface area contributed by atoms with Crippen molar-refractivity contribution in [1.82, 2.24) is 5.32 Å². The van der Waals surface area contributed by atoms with E-state index in [1.807, 2.05) is 0 Å². The number of thiophene rings is 1. The highest BCUT2D eigenvalue weighted by atomic mass is 32.1. The van der Waals surface area contributed by atoms with Crippen molar-refractivity contribution in [3.63, 3.8) is 0 Å². The summed E-state index contributed by atoms with van der Waals surface area (Å²) in [5.41, 5.74) is 2.74. The first kappa shape index (κ1) is 10.8. The molecule has 1 aliphatic rings. The van der Waals surface area contributed by atoms with Crippen molar-refractivity contribution in [2.45, 2.75) is 6.04 Å². The zero-order valence-electron chi connectivity index (χ0n) is 9.67. The second-order valence-corrected chi connectivity index (χ2v) is 5.12. The van der Waals surface area contributed by atoms with Crippen LogP contribution in [0.25, 0.3) is 0 Å². The van der Waals surface area contributed by atoms with E-state index in [-0.39, 0.29) is 0 Å². The smallest absolute Gasteiger partial charge is 0.0498 e. The summed E-state index contributed by atoms with van der Waals surface area (Å²) < 4.78 is 0. The maximum Gasteiger partial charge on any atom is 0.0498 e. The van der Waals surface area contributed by atoms with E-state index in [1.54, 1.807) is 11.3 Å². The van der Waals surface area contributed by atoms with Gasteiger partial charge in [-0.05, 0) is 17.0 Å². The third kappa shape index (κ3) is 2.35. The summed E-state index contributed by atoms with van der Waals surface area (Å²) in [5.74, 6) is 0. The van der Waals surface area contributed by atoms with Crippen molar-refractivity contribution < 1.29 is 0 Å². The van der Waals surface area contributed by atoms with Crippen LogP contribution < -0.4 is 10.2 Å². The van der Waals surface area contributed by atoms with Crippen LogP contribution in [0.5, 0.6) is 0 Å². The standard InChI is InChI=1S/C14H16N2S/c1-2-4-12(5-3-1)14-10-16(8-7-15-14)13-6-9-17-11-13/h1-6,9,11,14-15H,7-8,10H2. The lowest BCUT2D eigenvalue weighted by molar-refractivity contribution is 0.472. The van der Waals surface area contributed by atoms with Crippen LogP contribution in [0, 0.1) is 0 Å². The van der Waals surface area contributed by atoms with Gasteiger partial charge in [-0.15, -0.1) is 0 Å². The quantitative estimate of drug-likeness (QED) is 0.874. The summed E-state index contributed by atoms with van der Waals surface area (Å²) >= 11 is 1.77. The highest BCUT2D eigenvalue weighted by Crippen LogP contribution is 2.24. The molecule has 3 heteroatoms. The first-order valence-electron chi connectivity index (χ1n) is 5.99. The molecular formula is C14H16N2S. The van der Waals surface area contributed by atoms with Crippen LogP contribution in [-0.2, 0) is 0 Å². The van der Waals surface area contributed by atoms with E-state index >= 15 is 0 Å². The molecular weight excluding hydrogens is 228 g/mol. The molecule has 1 aromatic heterocycles. The van der Waals surface area contributed by atoms with Gasteiger partial charge in [-0.25, -0.2) is 0 Å². The summed E-state index contributed by atoms with van der Waals surface area (Å²) in [6.07, 6.45) is 0. The monoisotopic (exact) mass is 244 g/mol. The largest absolute Gasteiger partial charge is 0.368 e. The first-order chi connectivity index (χ1) is 8.43. The average Bonchev–Trinajstić information content (AvgIpc) is 2.94. The average molecular weight is 244 g/mol. The molecule has 1 saturated heterocycles. The lowest BCUT2D eigenvalue weighted by atomic mass is 10.0. The fourth-order valence-electron chi connectivity index (χ4n) is 2.33. The Bertz CT molecular complexity index is 452. The molecule has 0 radical (unpaired) electrons. The van der Waals surface area contributed by atoms with Crippen molar-refractivity contribution in [2.75, 3.05) is 24.5 Å². The van der Waals surface area contributed by atoms with Crippen molar-refractivity contribution >= 4 is 17.0 Å². The zero-order chi connectivity index (χ0) is 11.5. The molecule has 3 rings (SSSR count). The van der Waals surface area contributed by atoms with Crippen molar-refractivity contribution in [3.05, 3.63) is 52.7 Å². The molecule has 2 heterocycles. The van der Waals surface area contributed by atoms with E-state index in [1.165, 1.54) is 11.3 Å². The number of nitrogens with zero attached hydrogens (tertiary/aromatic N) is 1. The van der Waals surface area contributed by atoms with Gasteiger partial charge in [-0.1, -0.05) is 30.3 Å². The second kappa shape index (κ2) is 4.90. The number of hydrogen-bond donors (Lipinski definition) is 1. The third-order valence-electron chi connectivity index (χ3n) is 3.25. The highest BCUT2D eigenvalue weighted by molar-refractivity contribution is 7.08. The summed E-state index contributed by atoms with van der Waals surface area (Å²) in [4.78, 5) is 2.46. The van der Waals surface area contributed by atoms with Crippen LogP contribution in [0.1, 0.15) is 11.6 Å². The summed E-state index contributed by atoms with van der Waals surface area (Å²) in [6, 6.07) is 13.4. The lowest BCUT2D eigenvalue weighted by Crippen LogP contribution is -2.45. The van der Waals surface area contributed by atoms with Crippen LogP contribution >= 0.6 is 11.3 Å². The Morgan fingerprint density at radius 3 is 2.82 bits per heavy atom. The lowest BCUT2D eigenvalue weighted by Gasteiger charge is -2.35. The number of nitrogens with one attached hydrogen (secondary N) is 1.